The van der Waals surface area contributed by atoms with Gasteiger partial charge < -0.3 is 9.64 Å². The molecule has 0 aliphatic heterocycles. The average molecular weight is 235 g/mol. The molecular weight excluding hydrogens is 210 g/mol. The number of hydrogen-bond donors (Lipinski definition) is 0. The van der Waals surface area contributed by atoms with Crippen LogP contribution in [0.4, 0.5) is 0 Å². The lowest BCUT2D eigenvalue weighted by molar-refractivity contribution is 0.260. The number of ether oxygens (including phenoxy) is 1. The zero-order chi connectivity index (χ0) is 12.3. The Bertz CT molecular complexity index is 274. The highest BCUT2D eigenvalue weighted by molar-refractivity contribution is 5.20. The Morgan fingerprint density at radius 1 is 1.00 bits per heavy atom. The Kier molecular flexibility index (Phi) is 7.48. The van der Waals surface area contributed by atoms with E-state index in [4.69, 9.17) is 4.74 Å². The number of hydrogen-bond acceptors (Lipinski definition) is 2. The molecule has 0 saturated heterocycles. The van der Waals surface area contributed by atoms with Gasteiger partial charge in [-0.2, -0.15) is 0 Å². The number of rotatable bonds is 9. The first kappa shape index (κ1) is 14.0. The minimum absolute atomic E-state index is 0.808. The largest absolute Gasteiger partial charge is 0.494 e. The lowest BCUT2D eigenvalue weighted by Gasteiger charge is -2.16. The maximum absolute atomic E-state index is 5.66. The molecule has 0 radical (unpaired) electrons. The van der Waals surface area contributed by atoms with Gasteiger partial charge in [0.05, 0.1) is 6.61 Å². The van der Waals surface area contributed by atoms with Gasteiger partial charge in [-0.15, -0.1) is 0 Å². The van der Waals surface area contributed by atoms with Crippen LogP contribution in [0.5, 0.6) is 5.75 Å². The molecule has 0 bridgehead atoms. The number of para-hydroxylation sites is 1. The van der Waals surface area contributed by atoms with Crippen LogP contribution in [0.15, 0.2) is 30.3 Å². The van der Waals surface area contributed by atoms with Crippen molar-refractivity contribution in [2.75, 3.05) is 26.7 Å². The van der Waals surface area contributed by atoms with Gasteiger partial charge in [0.1, 0.15) is 5.75 Å². The van der Waals surface area contributed by atoms with Crippen molar-refractivity contribution in [3.63, 3.8) is 0 Å². The summed E-state index contributed by atoms with van der Waals surface area (Å²) in [6.07, 6.45) is 5.04. The molecule has 2 nitrogen and oxygen atoms in total. The summed E-state index contributed by atoms with van der Waals surface area (Å²) in [5, 5.41) is 0. The van der Waals surface area contributed by atoms with E-state index in [1.54, 1.807) is 0 Å². The van der Waals surface area contributed by atoms with Crippen molar-refractivity contribution in [1.29, 1.82) is 0 Å². The SMILES string of the molecule is CCCCCN(C)CCCOc1ccccc1. The maximum Gasteiger partial charge on any atom is 0.119 e. The first-order valence-electron chi connectivity index (χ1n) is 6.69. The van der Waals surface area contributed by atoms with Gasteiger partial charge in [0.25, 0.3) is 0 Å². The van der Waals surface area contributed by atoms with Gasteiger partial charge in [-0.1, -0.05) is 38.0 Å². The standard InChI is InChI=1S/C15H25NO/c1-3-4-8-12-16(2)13-9-14-17-15-10-6-5-7-11-15/h5-7,10-11H,3-4,8-9,12-14H2,1-2H3. The minimum atomic E-state index is 0.808. The Morgan fingerprint density at radius 3 is 2.41 bits per heavy atom. The van der Waals surface area contributed by atoms with Crippen molar-refractivity contribution in [3.05, 3.63) is 30.3 Å². The third-order valence-corrected chi connectivity index (χ3v) is 2.84. The van der Waals surface area contributed by atoms with Crippen molar-refractivity contribution in [2.24, 2.45) is 0 Å². The van der Waals surface area contributed by atoms with Crippen LogP contribution in [0.1, 0.15) is 32.6 Å². The van der Waals surface area contributed by atoms with Crippen LogP contribution in [0.25, 0.3) is 0 Å². The third kappa shape index (κ3) is 7.01. The molecule has 0 aliphatic rings. The van der Waals surface area contributed by atoms with Gasteiger partial charge >= 0.3 is 0 Å². The second-order valence-corrected chi connectivity index (χ2v) is 4.53. The van der Waals surface area contributed by atoms with E-state index in [-0.39, 0.29) is 0 Å². The van der Waals surface area contributed by atoms with Gasteiger partial charge in [0, 0.05) is 6.54 Å². The van der Waals surface area contributed by atoms with E-state index in [0.717, 1.165) is 25.3 Å². The van der Waals surface area contributed by atoms with E-state index in [1.165, 1.54) is 25.8 Å². The highest BCUT2D eigenvalue weighted by Crippen LogP contribution is 2.08. The Hall–Kier alpha value is -1.02. The first-order chi connectivity index (χ1) is 8.33. The first-order valence-corrected chi connectivity index (χ1v) is 6.69. The number of nitrogens with zero attached hydrogens (tertiary/aromatic N) is 1. The number of benzene rings is 1. The van der Waals surface area contributed by atoms with Crippen LogP contribution in [0, 0.1) is 0 Å². The summed E-state index contributed by atoms with van der Waals surface area (Å²) in [4.78, 5) is 2.39. The minimum Gasteiger partial charge on any atom is -0.494 e. The van der Waals surface area contributed by atoms with Crippen molar-refractivity contribution in [1.82, 2.24) is 4.90 Å². The van der Waals surface area contributed by atoms with Crippen molar-refractivity contribution >= 4 is 0 Å². The molecule has 0 amide bonds. The molecule has 1 rings (SSSR count). The summed E-state index contributed by atoms with van der Waals surface area (Å²) in [5.41, 5.74) is 0. The monoisotopic (exact) mass is 235 g/mol. The van der Waals surface area contributed by atoms with E-state index >= 15 is 0 Å². The Labute approximate surface area is 106 Å². The third-order valence-electron chi connectivity index (χ3n) is 2.84. The fraction of sp³-hybridized carbons (Fsp3) is 0.600. The predicted octanol–water partition coefficient (Wildman–Crippen LogP) is 3.58. The average Bonchev–Trinajstić information content (AvgIpc) is 2.36. The maximum atomic E-state index is 5.66. The van der Waals surface area contributed by atoms with E-state index in [2.05, 4.69) is 18.9 Å². The number of unbranched alkanes of at least 4 members (excludes halogenated alkanes) is 2. The van der Waals surface area contributed by atoms with E-state index in [0.29, 0.717) is 0 Å². The normalized spacial score (nSPS) is 10.8. The highest BCUT2D eigenvalue weighted by Gasteiger charge is 1.98. The fourth-order valence-corrected chi connectivity index (χ4v) is 1.78. The van der Waals surface area contributed by atoms with E-state index in [1.807, 2.05) is 30.3 Å². The smallest absolute Gasteiger partial charge is 0.119 e. The summed E-state index contributed by atoms with van der Waals surface area (Å²) in [5.74, 6) is 0.973. The van der Waals surface area contributed by atoms with Gasteiger partial charge in [-0.05, 0) is 38.6 Å². The van der Waals surface area contributed by atoms with Crippen LogP contribution < -0.4 is 4.74 Å². The van der Waals surface area contributed by atoms with Crippen LogP contribution in [-0.4, -0.2) is 31.6 Å². The molecule has 0 spiro atoms. The Morgan fingerprint density at radius 2 is 1.71 bits per heavy atom. The molecule has 2 heteroatoms. The van der Waals surface area contributed by atoms with Crippen molar-refractivity contribution in [2.45, 2.75) is 32.6 Å². The molecule has 96 valence electrons. The molecular formula is C15H25NO. The highest BCUT2D eigenvalue weighted by atomic mass is 16.5. The van der Waals surface area contributed by atoms with E-state index in [9.17, 15) is 0 Å². The molecule has 0 unspecified atom stereocenters. The fourth-order valence-electron chi connectivity index (χ4n) is 1.78. The summed E-state index contributed by atoms with van der Waals surface area (Å²) in [7, 11) is 2.19. The Balaban J connectivity index is 2.00. The van der Waals surface area contributed by atoms with Crippen LogP contribution in [0.3, 0.4) is 0 Å². The molecule has 0 aliphatic carbocycles. The summed E-state index contributed by atoms with van der Waals surface area (Å²) in [6, 6.07) is 10.0. The zero-order valence-corrected chi connectivity index (χ0v) is 11.2. The molecule has 0 aromatic heterocycles. The van der Waals surface area contributed by atoms with Crippen LogP contribution in [-0.2, 0) is 0 Å². The molecule has 1 aromatic rings. The summed E-state index contributed by atoms with van der Waals surface area (Å²) < 4.78 is 5.66. The molecule has 0 fully saturated rings. The van der Waals surface area contributed by atoms with Crippen molar-refractivity contribution in [3.8, 4) is 5.75 Å². The van der Waals surface area contributed by atoms with Gasteiger partial charge in [0.2, 0.25) is 0 Å². The lowest BCUT2D eigenvalue weighted by atomic mass is 10.2. The van der Waals surface area contributed by atoms with Gasteiger partial charge in [0.15, 0.2) is 0 Å². The molecule has 17 heavy (non-hydrogen) atoms. The second kappa shape index (κ2) is 9.06. The lowest BCUT2D eigenvalue weighted by Crippen LogP contribution is -2.22. The molecule has 0 atom stereocenters. The summed E-state index contributed by atoms with van der Waals surface area (Å²) in [6.45, 7) is 5.38. The molecule has 0 N–H and O–H groups in total. The van der Waals surface area contributed by atoms with Gasteiger partial charge in [-0.3, -0.25) is 0 Å². The van der Waals surface area contributed by atoms with Gasteiger partial charge in [-0.25, -0.2) is 0 Å². The molecule has 1 aromatic carbocycles. The molecule has 0 saturated carbocycles. The second-order valence-electron chi connectivity index (χ2n) is 4.53. The van der Waals surface area contributed by atoms with Crippen LogP contribution >= 0.6 is 0 Å². The molecule has 0 heterocycles. The summed E-state index contributed by atoms with van der Waals surface area (Å²) >= 11 is 0. The van der Waals surface area contributed by atoms with E-state index < -0.39 is 0 Å². The quantitative estimate of drug-likeness (QED) is 0.607. The topological polar surface area (TPSA) is 12.5 Å². The van der Waals surface area contributed by atoms with Crippen molar-refractivity contribution < 1.29 is 4.74 Å². The van der Waals surface area contributed by atoms with Crippen LogP contribution in [0.2, 0.25) is 0 Å². The predicted molar refractivity (Wildman–Crippen MR) is 73.6 cm³/mol. The zero-order valence-electron chi connectivity index (χ0n) is 11.2.